The molecule has 8 nitrogen and oxygen atoms in total. The SMILES string of the molecule is CCC(OC(=O)c1c(C)nn(Cc2ccccc2Cl)c1Cl)C(=O)Nc1cc(C)on1. The number of halogens is 2. The Hall–Kier alpha value is -2.84. The predicted molar refractivity (Wildman–Crippen MR) is 112 cm³/mol. The molecular weight excluding hydrogens is 431 g/mol. The number of benzene rings is 1. The molecule has 1 unspecified atom stereocenters. The largest absolute Gasteiger partial charge is 0.449 e. The molecule has 158 valence electrons. The Morgan fingerprint density at radius 3 is 2.63 bits per heavy atom. The van der Waals surface area contributed by atoms with E-state index in [9.17, 15) is 9.59 Å². The van der Waals surface area contributed by atoms with Gasteiger partial charge in [-0.1, -0.05) is 53.5 Å². The molecule has 0 saturated carbocycles. The van der Waals surface area contributed by atoms with E-state index in [0.29, 0.717) is 16.5 Å². The van der Waals surface area contributed by atoms with Gasteiger partial charge >= 0.3 is 5.97 Å². The number of esters is 1. The molecular formula is C20H20Cl2N4O4. The molecule has 2 heterocycles. The summed E-state index contributed by atoms with van der Waals surface area (Å²) in [6.45, 7) is 5.35. The van der Waals surface area contributed by atoms with Crippen LogP contribution in [0, 0.1) is 13.8 Å². The molecule has 3 aromatic rings. The van der Waals surface area contributed by atoms with Crippen LogP contribution in [-0.2, 0) is 16.1 Å². The minimum atomic E-state index is -1.03. The highest BCUT2D eigenvalue weighted by Gasteiger charge is 2.28. The summed E-state index contributed by atoms with van der Waals surface area (Å²) in [7, 11) is 0. The summed E-state index contributed by atoms with van der Waals surface area (Å²) in [4.78, 5) is 25.2. The number of rotatable bonds is 7. The lowest BCUT2D eigenvalue weighted by atomic mass is 10.2. The number of carbonyl (C=O) groups excluding carboxylic acids is 2. The van der Waals surface area contributed by atoms with Crippen molar-refractivity contribution in [3.8, 4) is 0 Å². The fourth-order valence-electron chi connectivity index (χ4n) is 2.82. The number of nitrogens with zero attached hydrogens (tertiary/aromatic N) is 3. The lowest BCUT2D eigenvalue weighted by molar-refractivity contribution is -0.124. The zero-order valence-corrected chi connectivity index (χ0v) is 18.1. The lowest BCUT2D eigenvalue weighted by Gasteiger charge is -2.15. The van der Waals surface area contributed by atoms with Gasteiger partial charge in [0.1, 0.15) is 16.5 Å². The van der Waals surface area contributed by atoms with Gasteiger partial charge in [-0.2, -0.15) is 5.10 Å². The Bertz CT molecular complexity index is 1080. The number of carbonyl (C=O) groups is 2. The highest BCUT2D eigenvalue weighted by atomic mass is 35.5. The van der Waals surface area contributed by atoms with Crippen molar-refractivity contribution in [3.63, 3.8) is 0 Å². The van der Waals surface area contributed by atoms with Crippen molar-refractivity contribution in [1.29, 1.82) is 0 Å². The molecule has 0 spiro atoms. The van der Waals surface area contributed by atoms with Crippen LogP contribution in [0.5, 0.6) is 0 Å². The van der Waals surface area contributed by atoms with Crippen LogP contribution in [0.15, 0.2) is 34.9 Å². The molecule has 1 N–H and O–H groups in total. The van der Waals surface area contributed by atoms with E-state index < -0.39 is 18.0 Å². The average molecular weight is 451 g/mol. The topological polar surface area (TPSA) is 99.2 Å². The van der Waals surface area contributed by atoms with Crippen LogP contribution in [-0.4, -0.2) is 32.9 Å². The predicted octanol–water partition coefficient (Wildman–Crippen LogP) is 4.42. The van der Waals surface area contributed by atoms with Crippen molar-refractivity contribution in [1.82, 2.24) is 14.9 Å². The number of aryl methyl sites for hydroxylation is 2. The number of aromatic nitrogens is 3. The summed E-state index contributed by atoms with van der Waals surface area (Å²) in [5.41, 5.74) is 1.30. The van der Waals surface area contributed by atoms with E-state index in [4.69, 9.17) is 32.5 Å². The molecule has 1 atom stereocenters. The van der Waals surface area contributed by atoms with Crippen LogP contribution in [0.1, 0.15) is 40.7 Å². The number of hydrogen-bond acceptors (Lipinski definition) is 6. The van der Waals surface area contributed by atoms with E-state index in [-0.39, 0.29) is 29.5 Å². The van der Waals surface area contributed by atoms with Gasteiger partial charge in [-0.05, 0) is 31.9 Å². The maximum Gasteiger partial charge on any atom is 0.343 e. The maximum absolute atomic E-state index is 12.7. The molecule has 0 radical (unpaired) electrons. The number of amides is 1. The first kappa shape index (κ1) is 21.9. The quantitative estimate of drug-likeness (QED) is 0.534. The van der Waals surface area contributed by atoms with Crippen molar-refractivity contribution < 1.29 is 18.8 Å². The Morgan fingerprint density at radius 2 is 2.00 bits per heavy atom. The molecule has 30 heavy (non-hydrogen) atoms. The Labute approximate surface area is 183 Å². The van der Waals surface area contributed by atoms with E-state index in [1.54, 1.807) is 32.9 Å². The summed E-state index contributed by atoms with van der Waals surface area (Å²) in [6.07, 6.45) is -0.768. The van der Waals surface area contributed by atoms with Gasteiger partial charge < -0.3 is 14.6 Å². The van der Waals surface area contributed by atoms with Gasteiger partial charge in [0.15, 0.2) is 11.9 Å². The highest BCUT2D eigenvalue weighted by molar-refractivity contribution is 6.33. The molecule has 10 heteroatoms. The smallest absolute Gasteiger partial charge is 0.343 e. The third-order valence-electron chi connectivity index (χ3n) is 4.34. The van der Waals surface area contributed by atoms with Crippen molar-refractivity contribution in [3.05, 3.63) is 63.1 Å². The molecule has 0 aliphatic heterocycles. The maximum atomic E-state index is 12.7. The number of hydrogen-bond donors (Lipinski definition) is 1. The second-order valence-electron chi connectivity index (χ2n) is 6.61. The summed E-state index contributed by atoms with van der Waals surface area (Å²) in [5.74, 6) is -0.463. The van der Waals surface area contributed by atoms with Crippen molar-refractivity contribution in [2.24, 2.45) is 0 Å². The number of anilines is 1. The summed E-state index contributed by atoms with van der Waals surface area (Å²) >= 11 is 12.6. The molecule has 0 bridgehead atoms. The van der Waals surface area contributed by atoms with Crippen molar-refractivity contribution >= 4 is 40.9 Å². The summed E-state index contributed by atoms with van der Waals surface area (Å²) in [6, 6.07) is 8.84. The Morgan fingerprint density at radius 1 is 1.27 bits per heavy atom. The molecule has 0 saturated heterocycles. The molecule has 1 aromatic carbocycles. The van der Waals surface area contributed by atoms with E-state index in [1.165, 1.54) is 4.68 Å². The van der Waals surface area contributed by atoms with Gasteiger partial charge in [-0.3, -0.25) is 4.79 Å². The van der Waals surface area contributed by atoms with Gasteiger partial charge in [0.05, 0.1) is 12.2 Å². The van der Waals surface area contributed by atoms with E-state index >= 15 is 0 Å². The van der Waals surface area contributed by atoms with Crippen LogP contribution < -0.4 is 5.32 Å². The third kappa shape index (κ3) is 4.83. The lowest BCUT2D eigenvalue weighted by Crippen LogP contribution is -2.32. The molecule has 0 fully saturated rings. The number of nitrogens with one attached hydrogen (secondary N) is 1. The van der Waals surface area contributed by atoms with Crippen LogP contribution in [0.3, 0.4) is 0 Å². The monoisotopic (exact) mass is 450 g/mol. The minimum absolute atomic E-state index is 0.104. The molecule has 0 aliphatic rings. The van der Waals surface area contributed by atoms with Gasteiger partial charge in [0.2, 0.25) is 0 Å². The highest BCUT2D eigenvalue weighted by Crippen LogP contribution is 2.24. The van der Waals surface area contributed by atoms with Crippen LogP contribution in [0.4, 0.5) is 5.82 Å². The van der Waals surface area contributed by atoms with E-state index in [1.807, 2.05) is 18.2 Å². The zero-order chi connectivity index (χ0) is 21.8. The first-order valence-electron chi connectivity index (χ1n) is 9.21. The zero-order valence-electron chi connectivity index (χ0n) is 16.6. The Balaban J connectivity index is 1.74. The first-order valence-corrected chi connectivity index (χ1v) is 9.97. The fourth-order valence-corrected chi connectivity index (χ4v) is 3.33. The van der Waals surface area contributed by atoms with E-state index in [2.05, 4.69) is 15.6 Å². The minimum Gasteiger partial charge on any atom is -0.449 e. The average Bonchev–Trinajstić information content (AvgIpc) is 3.23. The van der Waals surface area contributed by atoms with Crippen LogP contribution >= 0.6 is 23.2 Å². The Kier molecular flexibility index (Phi) is 6.79. The molecule has 3 rings (SSSR count). The van der Waals surface area contributed by atoms with Gasteiger partial charge in [-0.15, -0.1) is 0 Å². The first-order chi connectivity index (χ1) is 14.3. The van der Waals surface area contributed by atoms with Gasteiger partial charge in [0, 0.05) is 11.1 Å². The van der Waals surface area contributed by atoms with Gasteiger partial charge in [0.25, 0.3) is 5.91 Å². The normalized spacial score (nSPS) is 11.9. The molecule has 1 amide bonds. The fraction of sp³-hybridized carbons (Fsp3) is 0.300. The van der Waals surface area contributed by atoms with Gasteiger partial charge in [-0.25, -0.2) is 9.48 Å². The second-order valence-corrected chi connectivity index (χ2v) is 7.38. The van der Waals surface area contributed by atoms with E-state index in [0.717, 1.165) is 5.56 Å². The van der Waals surface area contributed by atoms with Crippen molar-refractivity contribution in [2.45, 2.75) is 39.8 Å². The molecule has 2 aromatic heterocycles. The number of ether oxygens (including phenoxy) is 1. The van der Waals surface area contributed by atoms with Crippen molar-refractivity contribution in [2.75, 3.05) is 5.32 Å². The summed E-state index contributed by atoms with van der Waals surface area (Å²) < 4.78 is 11.8. The summed E-state index contributed by atoms with van der Waals surface area (Å²) in [5, 5.41) is 11.2. The molecule has 0 aliphatic carbocycles. The van der Waals surface area contributed by atoms with Crippen LogP contribution in [0.25, 0.3) is 0 Å². The van der Waals surface area contributed by atoms with Crippen LogP contribution in [0.2, 0.25) is 10.2 Å². The third-order valence-corrected chi connectivity index (χ3v) is 5.09. The standard InChI is InChI=1S/C20H20Cl2N4O4/c1-4-15(19(27)23-16-9-11(2)30-25-16)29-20(28)17-12(3)24-26(18(17)22)10-13-7-5-6-8-14(13)21/h5-9,15H,4,10H2,1-3H3,(H,23,25,27). The second kappa shape index (κ2) is 9.32.